The van der Waals surface area contributed by atoms with Crippen LogP contribution in [0.2, 0.25) is 0 Å². The molecular formula is C24H16NO5-. The highest BCUT2D eigenvalue weighted by Crippen LogP contribution is 2.22. The molecule has 0 aliphatic carbocycles. The molecule has 148 valence electrons. The van der Waals surface area contributed by atoms with Crippen molar-refractivity contribution < 1.29 is 19.1 Å². The van der Waals surface area contributed by atoms with E-state index in [0.717, 1.165) is 5.39 Å². The molecule has 0 aliphatic heterocycles. The molecule has 30 heavy (non-hydrogen) atoms. The summed E-state index contributed by atoms with van der Waals surface area (Å²) < 4.78 is 5.36. The van der Waals surface area contributed by atoms with Crippen LogP contribution < -0.4 is 16.0 Å². The third-order valence-electron chi connectivity index (χ3n) is 4.72. The van der Waals surface area contributed by atoms with Crippen molar-refractivity contribution in [3.8, 4) is 11.1 Å². The summed E-state index contributed by atoms with van der Waals surface area (Å²) in [5.41, 5.74) is 1.36. The maximum absolute atomic E-state index is 12.7. The van der Waals surface area contributed by atoms with Crippen LogP contribution in [0.5, 0.6) is 0 Å². The molecule has 4 rings (SSSR count). The van der Waals surface area contributed by atoms with E-state index in [1.165, 1.54) is 6.07 Å². The maximum Gasteiger partial charge on any atom is 0.344 e. The van der Waals surface area contributed by atoms with E-state index in [1.54, 1.807) is 66.7 Å². The van der Waals surface area contributed by atoms with Gasteiger partial charge in [-0.15, -0.1) is 0 Å². The van der Waals surface area contributed by atoms with Gasteiger partial charge in [-0.3, -0.25) is 4.79 Å². The topological polar surface area (TPSA) is 99.4 Å². The lowest BCUT2D eigenvalue weighted by molar-refractivity contribution is -0.308. The van der Waals surface area contributed by atoms with Gasteiger partial charge in [-0.1, -0.05) is 60.7 Å². The van der Waals surface area contributed by atoms with Crippen LogP contribution in [-0.4, -0.2) is 11.9 Å². The summed E-state index contributed by atoms with van der Waals surface area (Å²) in [6.07, 6.45) is 0. The van der Waals surface area contributed by atoms with Crippen LogP contribution >= 0.6 is 0 Å². The number of carbonyl (C=O) groups excluding carboxylic acids is 2. The van der Waals surface area contributed by atoms with E-state index in [4.69, 9.17) is 4.42 Å². The first-order valence-corrected chi connectivity index (χ1v) is 9.23. The Morgan fingerprint density at radius 3 is 2.37 bits per heavy atom. The van der Waals surface area contributed by atoms with Crippen molar-refractivity contribution in [2.24, 2.45) is 0 Å². The number of benzene rings is 3. The van der Waals surface area contributed by atoms with E-state index in [-0.39, 0.29) is 5.56 Å². The third kappa shape index (κ3) is 3.84. The van der Waals surface area contributed by atoms with Gasteiger partial charge in [-0.25, -0.2) is 4.79 Å². The molecule has 6 nitrogen and oxygen atoms in total. The van der Waals surface area contributed by atoms with Gasteiger partial charge in [0.1, 0.15) is 5.58 Å². The van der Waals surface area contributed by atoms with Crippen molar-refractivity contribution in [3.05, 3.63) is 106 Å². The monoisotopic (exact) mass is 398 g/mol. The predicted molar refractivity (Wildman–Crippen MR) is 110 cm³/mol. The molecular weight excluding hydrogens is 382 g/mol. The molecule has 1 N–H and O–H groups in total. The average molecular weight is 398 g/mol. The number of fused-ring (bicyclic) bond motifs is 1. The van der Waals surface area contributed by atoms with Crippen LogP contribution in [0.4, 0.5) is 0 Å². The smallest absolute Gasteiger partial charge is 0.344 e. The molecule has 0 bridgehead atoms. The number of nitrogens with one attached hydrogen (secondary N) is 1. The normalized spacial score (nSPS) is 11.7. The number of carboxylic acids is 1. The maximum atomic E-state index is 12.7. The summed E-state index contributed by atoms with van der Waals surface area (Å²) in [5.74, 6) is -2.01. The van der Waals surface area contributed by atoms with Crippen LogP contribution in [0.3, 0.4) is 0 Å². The highest BCUT2D eigenvalue weighted by Gasteiger charge is 2.17. The first-order chi connectivity index (χ1) is 14.5. The third-order valence-corrected chi connectivity index (χ3v) is 4.72. The SMILES string of the molecule is O=C(N[C@@H](C(=O)[O-])c1ccccc1)c1cccc(-c2cc3ccccc3oc2=O)c1. The number of hydrogen-bond acceptors (Lipinski definition) is 5. The fraction of sp³-hybridized carbons (Fsp3) is 0.0417. The summed E-state index contributed by atoms with van der Waals surface area (Å²) >= 11 is 0. The molecule has 3 aromatic carbocycles. The number of carbonyl (C=O) groups is 2. The summed E-state index contributed by atoms with van der Waals surface area (Å²) in [5, 5.41) is 14.8. The van der Waals surface area contributed by atoms with Crippen molar-refractivity contribution in [2.75, 3.05) is 0 Å². The van der Waals surface area contributed by atoms with Crippen molar-refractivity contribution >= 4 is 22.8 Å². The predicted octanol–water partition coefficient (Wildman–Crippen LogP) is 2.68. The van der Waals surface area contributed by atoms with Crippen molar-refractivity contribution in [2.45, 2.75) is 6.04 Å². The van der Waals surface area contributed by atoms with E-state index < -0.39 is 23.5 Å². The summed E-state index contributed by atoms with van der Waals surface area (Å²) in [4.78, 5) is 36.7. The lowest BCUT2D eigenvalue weighted by Crippen LogP contribution is -2.41. The van der Waals surface area contributed by atoms with Crippen molar-refractivity contribution in [1.82, 2.24) is 5.32 Å². The summed E-state index contributed by atoms with van der Waals surface area (Å²) in [6.45, 7) is 0. The lowest BCUT2D eigenvalue weighted by atomic mass is 10.0. The molecule has 0 saturated heterocycles. The summed E-state index contributed by atoms with van der Waals surface area (Å²) in [6, 6.07) is 22.2. The van der Waals surface area contributed by atoms with Crippen LogP contribution in [0, 0.1) is 0 Å². The molecule has 6 heteroatoms. The Balaban J connectivity index is 1.66. The Bertz CT molecular complexity index is 1290. The molecule has 0 saturated carbocycles. The largest absolute Gasteiger partial charge is 0.548 e. The number of amides is 1. The van der Waals surface area contributed by atoms with Gasteiger partial charge in [0.15, 0.2) is 0 Å². The van der Waals surface area contributed by atoms with E-state index in [1.807, 2.05) is 12.1 Å². The van der Waals surface area contributed by atoms with Crippen LogP contribution in [0.15, 0.2) is 94.1 Å². The van der Waals surface area contributed by atoms with Gasteiger partial charge in [0.05, 0.1) is 17.6 Å². The molecule has 1 heterocycles. The van der Waals surface area contributed by atoms with Gasteiger partial charge in [0, 0.05) is 10.9 Å². The highest BCUT2D eigenvalue weighted by atomic mass is 16.4. The Morgan fingerprint density at radius 2 is 1.60 bits per heavy atom. The zero-order valence-corrected chi connectivity index (χ0v) is 15.7. The molecule has 0 unspecified atom stereocenters. The lowest BCUT2D eigenvalue weighted by Gasteiger charge is -2.20. The first-order valence-electron chi connectivity index (χ1n) is 9.23. The van der Waals surface area contributed by atoms with Gasteiger partial charge in [0.2, 0.25) is 0 Å². The fourth-order valence-corrected chi connectivity index (χ4v) is 3.23. The van der Waals surface area contributed by atoms with E-state index in [2.05, 4.69) is 5.32 Å². The van der Waals surface area contributed by atoms with Crippen LogP contribution in [0.25, 0.3) is 22.1 Å². The second-order valence-electron chi connectivity index (χ2n) is 6.70. The zero-order chi connectivity index (χ0) is 21.1. The number of aliphatic carboxylic acids is 1. The minimum atomic E-state index is -1.42. The van der Waals surface area contributed by atoms with Crippen molar-refractivity contribution in [1.29, 1.82) is 0 Å². The van der Waals surface area contributed by atoms with Crippen molar-refractivity contribution in [3.63, 3.8) is 0 Å². The number of hydrogen-bond donors (Lipinski definition) is 1. The van der Waals surface area contributed by atoms with Crippen LogP contribution in [0.1, 0.15) is 22.0 Å². The molecule has 0 aliphatic rings. The second-order valence-corrected chi connectivity index (χ2v) is 6.70. The number of rotatable bonds is 5. The Morgan fingerprint density at radius 1 is 0.867 bits per heavy atom. The van der Waals surface area contributed by atoms with E-state index >= 15 is 0 Å². The zero-order valence-electron chi connectivity index (χ0n) is 15.7. The van der Waals surface area contributed by atoms with Gasteiger partial charge in [-0.2, -0.15) is 0 Å². The van der Waals surface area contributed by atoms with Gasteiger partial charge in [0.25, 0.3) is 5.91 Å². The van der Waals surface area contributed by atoms with Gasteiger partial charge < -0.3 is 19.6 Å². The van der Waals surface area contributed by atoms with Gasteiger partial charge >= 0.3 is 5.63 Å². The second kappa shape index (κ2) is 8.05. The van der Waals surface area contributed by atoms with Crippen LogP contribution in [-0.2, 0) is 4.79 Å². The molecule has 1 aromatic heterocycles. The van der Waals surface area contributed by atoms with E-state index in [9.17, 15) is 19.5 Å². The average Bonchev–Trinajstić information content (AvgIpc) is 2.77. The van der Waals surface area contributed by atoms with Gasteiger partial charge in [-0.05, 0) is 35.4 Å². The molecule has 0 radical (unpaired) electrons. The Labute approximate surface area is 171 Å². The first kappa shape index (κ1) is 19.1. The van der Waals surface area contributed by atoms with E-state index in [0.29, 0.717) is 22.3 Å². The molecule has 0 spiro atoms. The molecule has 1 amide bonds. The molecule has 4 aromatic rings. The fourth-order valence-electron chi connectivity index (χ4n) is 3.23. The summed E-state index contributed by atoms with van der Waals surface area (Å²) in [7, 11) is 0. The standard InChI is InChI=1S/C24H17NO5/c26-22(25-21(23(27)28)15-7-2-1-3-8-15)18-11-6-10-16(13-18)19-14-17-9-4-5-12-20(17)30-24(19)29/h1-14,21H,(H,25,26)(H,27,28)/p-1/t21-/m1/s1. The Kier molecular flexibility index (Phi) is 5.13. The quantitative estimate of drug-likeness (QED) is 0.521. The number of para-hydroxylation sites is 1. The Hall–Kier alpha value is -4.19. The minimum absolute atomic E-state index is 0.210. The number of carboxylic acid groups (broad SMARTS) is 1. The molecule has 1 atom stereocenters. The minimum Gasteiger partial charge on any atom is -0.548 e. The molecule has 0 fully saturated rings. The highest BCUT2D eigenvalue weighted by molar-refractivity contribution is 5.97.